The molecule has 0 aliphatic heterocycles. The molecule has 1 heterocycles. The Morgan fingerprint density at radius 3 is 2.72 bits per heavy atom. The maximum Gasteiger partial charge on any atom is 0.313 e. The van der Waals surface area contributed by atoms with E-state index in [1.807, 2.05) is 18.3 Å². The van der Waals surface area contributed by atoms with E-state index < -0.39 is 11.8 Å². The summed E-state index contributed by atoms with van der Waals surface area (Å²) in [6.07, 6.45) is 2.41. The van der Waals surface area contributed by atoms with E-state index in [9.17, 15) is 14.7 Å². The van der Waals surface area contributed by atoms with E-state index in [0.717, 1.165) is 16.5 Å². The van der Waals surface area contributed by atoms with Gasteiger partial charge in [-0.3, -0.25) is 9.59 Å². The van der Waals surface area contributed by atoms with Crippen LogP contribution in [-0.2, 0) is 16.0 Å². The van der Waals surface area contributed by atoms with Crippen LogP contribution in [0.25, 0.3) is 10.9 Å². The molecule has 4 N–H and O–H groups in total. The van der Waals surface area contributed by atoms with E-state index in [1.165, 1.54) is 12.1 Å². The van der Waals surface area contributed by atoms with Gasteiger partial charge >= 0.3 is 11.8 Å². The Morgan fingerprint density at radius 2 is 1.92 bits per heavy atom. The number of phenols is 1. The number of hydrogen-bond donors (Lipinski definition) is 4. The van der Waals surface area contributed by atoms with E-state index in [0.29, 0.717) is 18.0 Å². The Morgan fingerprint density at radius 1 is 1.12 bits per heavy atom. The summed E-state index contributed by atoms with van der Waals surface area (Å²) in [7, 11) is 0. The molecule has 0 spiro atoms. The predicted molar refractivity (Wildman–Crippen MR) is 96.8 cm³/mol. The summed E-state index contributed by atoms with van der Waals surface area (Å²) < 4.78 is 0. The lowest BCUT2D eigenvalue weighted by atomic mass is 10.1. The molecule has 25 heavy (non-hydrogen) atoms. The van der Waals surface area contributed by atoms with Crippen molar-refractivity contribution in [3.8, 4) is 5.75 Å². The summed E-state index contributed by atoms with van der Waals surface area (Å²) in [5.74, 6) is -1.69. The Balaban J connectivity index is 1.56. The molecule has 2 amide bonds. The number of H-pyrrole nitrogens is 1. The highest BCUT2D eigenvalue weighted by atomic mass is 35.5. The number of nitrogens with one attached hydrogen (secondary N) is 3. The topological polar surface area (TPSA) is 94.2 Å². The molecule has 6 nitrogen and oxygen atoms in total. The molecule has 2 aromatic carbocycles. The highest BCUT2D eigenvalue weighted by molar-refractivity contribution is 6.39. The third-order valence-corrected chi connectivity index (χ3v) is 4.00. The molecule has 128 valence electrons. The second-order valence-electron chi connectivity index (χ2n) is 5.48. The largest absolute Gasteiger partial charge is 0.506 e. The van der Waals surface area contributed by atoms with E-state index in [-0.39, 0.29) is 11.4 Å². The van der Waals surface area contributed by atoms with Crippen molar-refractivity contribution in [2.24, 2.45) is 0 Å². The van der Waals surface area contributed by atoms with Crippen LogP contribution in [0.15, 0.2) is 48.7 Å². The third kappa shape index (κ3) is 3.92. The molecule has 1 aromatic heterocycles. The average molecular weight is 358 g/mol. The fraction of sp³-hybridized carbons (Fsp3) is 0.111. The van der Waals surface area contributed by atoms with Crippen molar-refractivity contribution in [3.05, 3.63) is 59.2 Å². The molecule has 0 bridgehead atoms. The number of aromatic hydroxyl groups is 1. The van der Waals surface area contributed by atoms with Gasteiger partial charge in [-0.25, -0.2) is 0 Å². The van der Waals surface area contributed by atoms with Gasteiger partial charge in [0.05, 0.1) is 5.69 Å². The zero-order valence-electron chi connectivity index (χ0n) is 13.2. The number of para-hydroxylation sites is 2. The number of hydrogen-bond acceptors (Lipinski definition) is 3. The van der Waals surface area contributed by atoms with Crippen LogP contribution in [0.5, 0.6) is 5.75 Å². The molecule has 3 rings (SSSR count). The zero-order chi connectivity index (χ0) is 17.8. The number of anilines is 1. The SMILES string of the molecule is O=C(NCCc1c[nH]c2ccc(Cl)cc12)C(=O)Nc1ccccc1O. The Kier molecular flexibility index (Phi) is 4.90. The van der Waals surface area contributed by atoms with Gasteiger partial charge in [0.2, 0.25) is 0 Å². The molecule has 0 aliphatic carbocycles. The second kappa shape index (κ2) is 7.27. The van der Waals surface area contributed by atoms with Crippen LogP contribution in [0.3, 0.4) is 0 Å². The molecule has 0 aliphatic rings. The first-order valence-electron chi connectivity index (χ1n) is 7.67. The number of carbonyl (C=O) groups is 2. The van der Waals surface area contributed by atoms with Crippen molar-refractivity contribution < 1.29 is 14.7 Å². The van der Waals surface area contributed by atoms with Gasteiger partial charge in [-0.2, -0.15) is 0 Å². The van der Waals surface area contributed by atoms with Gasteiger partial charge in [-0.05, 0) is 42.3 Å². The maximum absolute atomic E-state index is 11.9. The van der Waals surface area contributed by atoms with Gasteiger partial charge < -0.3 is 20.7 Å². The fourth-order valence-electron chi connectivity index (χ4n) is 2.51. The normalized spacial score (nSPS) is 10.6. The Labute approximate surface area is 148 Å². The summed E-state index contributed by atoms with van der Waals surface area (Å²) >= 11 is 6.01. The summed E-state index contributed by atoms with van der Waals surface area (Å²) in [6, 6.07) is 11.8. The first-order chi connectivity index (χ1) is 12.0. The molecule has 7 heteroatoms. The second-order valence-corrected chi connectivity index (χ2v) is 5.92. The molecular weight excluding hydrogens is 342 g/mol. The number of fused-ring (bicyclic) bond motifs is 1. The molecule has 3 aromatic rings. The van der Waals surface area contributed by atoms with Gasteiger partial charge in [0.15, 0.2) is 0 Å². The number of amides is 2. The van der Waals surface area contributed by atoms with Crippen molar-refractivity contribution in [2.75, 3.05) is 11.9 Å². The minimum absolute atomic E-state index is 0.0979. The van der Waals surface area contributed by atoms with E-state index in [4.69, 9.17) is 11.6 Å². The van der Waals surface area contributed by atoms with E-state index in [2.05, 4.69) is 15.6 Å². The fourth-order valence-corrected chi connectivity index (χ4v) is 2.68. The summed E-state index contributed by atoms with van der Waals surface area (Å²) in [6.45, 7) is 0.298. The van der Waals surface area contributed by atoms with Gasteiger partial charge in [-0.1, -0.05) is 23.7 Å². The van der Waals surface area contributed by atoms with Crippen molar-refractivity contribution in [1.82, 2.24) is 10.3 Å². The maximum atomic E-state index is 11.9. The Hall–Kier alpha value is -2.99. The molecule has 0 unspecified atom stereocenters. The molecular formula is C18H16ClN3O3. The van der Waals surface area contributed by atoms with Gasteiger partial charge in [0.25, 0.3) is 0 Å². The number of rotatable bonds is 4. The molecule has 0 saturated heterocycles. The smallest absolute Gasteiger partial charge is 0.313 e. The van der Waals surface area contributed by atoms with Crippen molar-refractivity contribution in [3.63, 3.8) is 0 Å². The quantitative estimate of drug-likeness (QED) is 0.427. The van der Waals surface area contributed by atoms with Crippen LogP contribution in [0.1, 0.15) is 5.56 Å². The van der Waals surface area contributed by atoms with Gasteiger partial charge in [0.1, 0.15) is 5.75 Å². The Bertz CT molecular complexity index is 936. The van der Waals surface area contributed by atoms with Gasteiger partial charge in [-0.15, -0.1) is 0 Å². The highest BCUT2D eigenvalue weighted by Gasteiger charge is 2.15. The van der Waals surface area contributed by atoms with Crippen LogP contribution in [0, 0.1) is 0 Å². The number of aromatic nitrogens is 1. The number of halogens is 1. The number of benzene rings is 2. The van der Waals surface area contributed by atoms with Crippen molar-refractivity contribution in [1.29, 1.82) is 0 Å². The lowest BCUT2D eigenvalue weighted by Gasteiger charge is -2.07. The van der Waals surface area contributed by atoms with Crippen LogP contribution in [0.4, 0.5) is 5.69 Å². The van der Waals surface area contributed by atoms with Crippen LogP contribution in [-0.4, -0.2) is 28.4 Å². The van der Waals surface area contributed by atoms with Crippen molar-refractivity contribution in [2.45, 2.75) is 6.42 Å². The predicted octanol–water partition coefficient (Wildman–Crippen LogP) is 2.82. The zero-order valence-corrected chi connectivity index (χ0v) is 13.9. The third-order valence-electron chi connectivity index (χ3n) is 3.77. The van der Waals surface area contributed by atoms with Gasteiger partial charge in [0, 0.05) is 28.7 Å². The number of aromatic amines is 1. The minimum Gasteiger partial charge on any atom is -0.506 e. The number of carbonyl (C=O) groups excluding carboxylic acids is 2. The average Bonchev–Trinajstić information content (AvgIpc) is 2.99. The summed E-state index contributed by atoms with van der Waals surface area (Å²) in [5.41, 5.74) is 2.15. The summed E-state index contributed by atoms with van der Waals surface area (Å²) in [5, 5.41) is 16.2. The van der Waals surface area contributed by atoms with Crippen LogP contribution in [0.2, 0.25) is 5.02 Å². The molecule has 0 radical (unpaired) electrons. The van der Waals surface area contributed by atoms with Crippen molar-refractivity contribution >= 4 is 40.0 Å². The lowest BCUT2D eigenvalue weighted by molar-refractivity contribution is -0.136. The van der Waals surface area contributed by atoms with Crippen LogP contribution < -0.4 is 10.6 Å². The molecule has 0 atom stereocenters. The standard InChI is InChI=1S/C18H16ClN3O3/c19-12-5-6-14-13(9-12)11(10-21-14)7-8-20-17(24)18(25)22-15-3-1-2-4-16(15)23/h1-6,9-10,21,23H,7-8H2,(H,20,24)(H,22,25). The summed E-state index contributed by atoms with van der Waals surface area (Å²) in [4.78, 5) is 26.9. The monoisotopic (exact) mass is 357 g/mol. The molecule has 0 fully saturated rings. The lowest BCUT2D eigenvalue weighted by Crippen LogP contribution is -2.36. The minimum atomic E-state index is -0.830. The van der Waals surface area contributed by atoms with E-state index in [1.54, 1.807) is 18.2 Å². The first-order valence-corrected chi connectivity index (χ1v) is 8.05. The highest BCUT2D eigenvalue weighted by Crippen LogP contribution is 2.23. The first kappa shape index (κ1) is 16.9. The molecule has 0 saturated carbocycles. The number of phenolic OH excluding ortho intramolecular Hbond substituents is 1. The van der Waals surface area contributed by atoms with Crippen LogP contribution >= 0.6 is 11.6 Å². The van der Waals surface area contributed by atoms with E-state index >= 15 is 0 Å².